The van der Waals surface area contributed by atoms with E-state index in [4.69, 9.17) is 5.73 Å². The monoisotopic (exact) mass is 368 g/mol. The Bertz CT molecular complexity index is 769. The largest absolute Gasteiger partial charge is 0.370 e. The first-order valence-corrected chi connectivity index (χ1v) is 8.27. The molecule has 0 bridgehead atoms. The number of benzene rings is 2. The van der Waals surface area contributed by atoms with E-state index < -0.39 is 29.3 Å². The molecule has 0 saturated heterocycles. The van der Waals surface area contributed by atoms with Crippen molar-refractivity contribution in [3.05, 3.63) is 59.9 Å². The van der Waals surface area contributed by atoms with E-state index in [9.17, 15) is 22.8 Å². The molecule has 0 fully saturated rings. The summed E-state index contributed by atoms with van der Waals surface area (Å²) in [5.41, 5.74) is 5.51. The third-order valence-corrected chi connectivity index (χ3v) is 4.30. The van der Waals surface area contributed by atoms with E-state index in [1.165, 1.54) is 35.2 Å². The van der Waals surface area contributed by atoms with Crippen LogP contribution >= 0.6 is 11.8 Å². The van der Waals surface area contributed by atoms with E-state index in [-0.39, 0.29) is 23.6 Å². The molecule has 132 valence electrons. The van der Waals surface area contributed by atoms with Gasteiger partial charge in [-0.15, -0.1) is 11.8 Å². The maximum atomic E-state index is 13.6. The predicted molar refractivity (Wildman–Crippen MR) is 89.6 cm³/mol. The Balaban J connectivity index is 2.11. The Morgan fingerprint density at radius 3 is 2.24 bits per heavy atom. The molecule has 2 N–H and O–H groups in total. The molecule has 2 amide bonds. The highest BCUT2D eigenvalue weighted by atomic mass is 32.2. The number of anilines is 1. The van der Waals surface area contributed by atoms with Gasteiger partial charge in [0.15, 0.2) is 0 Å². The van der Waals surface area contributed by atoms with E-state index in [1.54, 1.807) is 0 Å². The molecule has 8 heteroatoms. The summed E-state index contributed by atoms with van der Waals surface area (Å²) < 4.78 is 39.6. The van der Waals surface area contributed by atoms with Crippen molar-refractivity contribution >= 4 is 29.3 Å². The summed E-state index contributed by atoms with van der Waals surface area (Å²) in [5, 5.41) is 0. The van der Waals surface area contributed by atoms with Gasteiger partial charge < -0.3 is 10.6 Å². The Hall–Kier alpha value is -2.48. The van der Waals surface area contributed by atoms with Crippen LogP contribution in [-0.4, -0.2) is 24.1 Å². The molecule has 25 heavy (non-hydrogen) atoms. The molecular formula is C17H15F3N2O2S. The fourth-order valence-corrected chi connectivity index (χ4v) is 2.85. The second-order valence-corrected chi connectivity index (χ2v) is 6.12. The van der Waals surface area contributed by atoms with E-state index >= 15 is 0 Å². The van der Waals surface area contributed by atoms with Crippen molar-refractivity contribution in [3.8, 4) is 0 Å². The van der Waals surface area contributed by atoms with Crippen LogP contribution in [0.15, 0.2) is 47.4 Å². The second kappa shape index (κ2) is 8.57. The first-order chi connectivity index (χ1) is 11.9. The van der Waals surface area contributed by atoms with Crippen LogP contribution in [0.5, 0.6) is 0 Å². The van der Waals surface area contributed by atoms with E-state index in [2.05, 4.69) is 0 Å². The summed E-state index contributed by atoms with van der Waals surface area (Å²) in [7, 11) is 0. The van der Waals surface area contributed by atoms with Crippen molar-refractivity contribution in [2.45, 2.75) is 11.3 Å². The minimum Gasteiger partial charge on any atom is -0.370 e. The van der Waals surface area contributed by atoms with Gasteiger partial charge >= 0.3 is 0 Å². The molecule has 0 radical (unpaired) electrons. The van der Waals surface area contributed by atoms with Crippen LogP contribution in [0.2, 0.25) is 0 Å². The predicted octanol–water partition coefficient (Wildman–Crippen LogP) is 3.10. The third kappa shape index (κ3) is 5.53. The van der Waals surface area contributed by atoms with Gasteiger partial charge in [0.1, 0.15) is 17.5 Å². The summed E-state index contributed by atoms with van der Waals surface area (Å²) >= 11 is 0.901. The molecule has 0 aliphatic rings. The fraction of sp³-hybridized carbons (Fsp3) is 0.176. The smallest absolute Gasteiger partial charge is 0.237 e. The molecule has 2 aromatic carbocycles. The van der Waals surface area contributed by atoms with Gasteiger partial charge in [-0.05, 0) is 36.4 Å². The first kappa shape index (κ1) is 18.9. The van der Waals surface area contributed by atoms with Crippen molar-refractivity contribution in [1.82, 2.24) is 0 Å². The lowest BCUT2D eigenvalue weighted by Crippen LogP contribution is -2.35. The number of primary amides is 1. The molecule has 0 saturated carbocycles. The summed E-state index contributed by atoms with van der Waals surface area (Å²) in [6, 6.07) is 8.25. The molecule has 4 nitrogen and oxygen atoms in total. The number of halogens is 3. The zero-order valence-corrected chi connectivity index (χ0v) is 13.9. The van der Waals surface area contributed by atoms with Crippen molar-refractivity contribution in [3.63, 3.8) is 0 Å². The molecule has 0 aliphatic heterocycles. The number of carbonyl (C=O) groups is 2. The Morgan fingerprint density at radius 1 is 1.00 bits per heavy atom. The van der Waals surface area contributed by atoms with Crippen LogP contribution < -0.4 is 10.6 Å². The lowest BCUT2D eigenvalue weighted by atomic mass is 10.2. The highest BCUT2D eigenvalue weighted by Crippen LogP contribution is 2.24. The van der Waals surface area contributed by atoms with Crippen LogP contribution in [0.1, 0.15) is 6.42 Å². The van der Waals surface area contributed by atoms with Crippen LogP contribution in [0.4, 0.5) is 18.9 Å². The molecule has 2 rings (SSSR count). The molecule has 0 atom stereocenters. The van der Waals surface area contributed by atoms with Crippen LogP contribution in [0, 0.1) is 17.5 Å². The molecule has 0 aromatic heterocycles. The summed E-state index contributed by atoms with van der Waals surface area (Å²) in [6.45, 7) is 0.0201. The van der Waals surface area contributed by atoms with Gasteiger partial charge in [0.05, 0.1) is 5.75 Å². The summed E-state index contributed by atoms with van der Waals surface area (Å²) in [5.74, 6) is -3.07. The first-order valence-electron chi connectivity index (χ1n) is 7.29. The lowest BCUT2D eigenvalue weighted by molar-refractivity contribution is -0.118. The highest BCUT2D eigenvalue weighted by Gasteiger charge is 2.18. The zero-order valence-electron chi connectivity index (χ0n) is 13.0. The average Bonchev–Trinajstić information content (AvgIpc) is 2.55. The molecule has 0 heterocycles. The van der Waals surface area contributed by atoms with Gasteiger partial charge in [-0.2, -0.15) is 0 Å². The molecule has 0 spiro atoms. The van der Waals surface area contributed by atoms with Gasteiger partial charge in [0.2, 0.25) is 11.8 Å². The van der Waals surface area contributed by atoms with Gasteiger partial charge in [0.25, 0.3) is 0 Å². The molecule has 0 unspecified atom stereocenters. The van der Waals surface area contributed by atoms with Gasteiger partial charge in [-0.25, -0.2) is 13.2 Å². The lowest BCUT2D eigenvalue weighted by Gasteiger charge is -2.22. The van der Waals surface area contributed by atoms with Crippen molar-refractivity contribution in [2.75, 3.05) is 17.2 Å². The van der Waals surface area contributed by atoms with E-state index in [0.29, 0.717) is 5.69 Å². The second-order valence-electron chi connectivity index (χ2n) is 5.10. The average molecular weight is 368 g/mol. The third-order valence-electron chi connectivity index (χ3n) is 3.27. The van der Waals surface area contributed by atoms with Gasteiger partial charge in [0, 0.05) is 29.6 Å². The Kier molecular flexibility index (Phi) is 6.46. The molecular weight excluding hydrogens is 353 g/mol. The van der Waals surface area contributed by atoms with Crippen molar-refractivity contribution < 1.29 is 22.8 Å². The van der Waals surface area contributed by atoms with Crippen LogP contribution in [0.3, 0.4) is 0 Å². The van der Waals surface area contributed by atoms with Crippen LogP contribution in [0.25, 0.3) is 0 Å². The molecule has 2 aromatic rings. The summed E-state index contributed by atoms with van der Waals surface area (Å²) in [4.78, 5) is 24.9. The number of thioether (sulfide) groups is 1. The topological polar surface area (TPSA) is 63.4 Å². The normalized spacial score (nSPS) is 10.5. The van der Waals surface area contributed by atoms with Gasteiger partial charge in [-0.1, -0.05) is 0 Å². The Labute approximate surface area is 146 Å². The van der Waals surface area contributed by atoms with Crippen LogP contribution in [-0.2, 0) is 9.59 Å². The van der Waals surface area contributed by atoms with Gasteiger partial charge in [-0.3, -0.25) is 9.59 Å². The number of nitrogens with two attached hydrogens (primary N) is 1. The number of hydrogen-bond acceptors (Lipinski definition) is 3. The maximum absolute atomic E-state index is 13.6. The fourth-order valence-electron chi connectivity index (χ4n) is 2.05. The number of carbonyl (C=O) groups excluding carboxylic acids is 2. The number of nitrogens with zero attached hydrogens (tertiary/aromatic N) is 1. The minimum atomic E-state index is -0.761. The molecule has 0 aliphatic carbocycles. The number of rotatable bonds is 7. The minimum absolute atomic E-state index is 0.0201. The summed E-state index contributed by atoms with van der Waals surface area (Å²) in [6.07, 6.45) is -0.0707. The maximum Gasteiger partial charge on any atom is 0.237 e. The van der Waals surface area contributed by atoms with Crippen molar-refractivity contribution in [1.29, 1.82) is 0 Å². The zero-order chi connectivity index (χ0) is 18.4. The van der Waals surface area contributed by atoms with Crippen molar-refractivity contribution in [2.24, 2.45) is 5.73 Å². The van der Waals surface area contributed by atoms with E-state index in [0.717, 1.165) is 23.9 Å². The number of hydrogen-bond donors (Lipinski definition) is 1. The highest BCUT2D eigenvalue weighted by molar-refractivity contribution is 8.00. The SMILES string of the molecule is NC(=O)CCN(C(=O)CSc1ccc(F)cc1F)c1ccc(F)cc1. The van der Waals surface area contributed by atoms with E-state index in [1.807, 2.05) is 0 Å². The number of amides is 2. The Morgan fingerprint density at radius 2 is 1.64 bits per heavy atom. The quantitative estimate of drug-likeness (QED) is 0.764. The standard InChI is InChI=1S/C17H15F3N2O2S/c18-11-1-4-13(5-2-11)22(8-7-16(21)23)17(24)10-25-15-6-3-12(19)9-14(15)20/h1-6,9H,7-8,10H2,(H2,21,23).